The zero-order valence-electron chi connectivity index (χ0n) is 10.5. The fourth-order valence-corrected chi connectivity index (χ4v) is 1.94. The van der Waals surface area contributed by atoms with Gasteiger partial charge in [-0.05, 0) is 36.8 Å². The number of aliphatic hydroxyl groups is 1. The third-order valence-electron chi connectivity index (χ3n) is 2.85. The molecule has 5 heteroatoms. The van der Waals surface area contributed by atoms with Crippen LogP contribution in [0.3, 0.4) is 0 Å². The minimum atomic E-state index is -0.492. The van der Waals surface area contributed by atoms with E-state index in [9.17, 15) is 9.50 Å². The predicted octanol–water partition coefficient (Wildman–Crippen LogP) is 3.20. The second-order valence-corrected chi connectivity index (χ2v) is 4.71. The van der Waals surface area contributed by atoms with Crippen molar-refractivity contribution in [1.29, 1.82) is 0 Å². The molecule has 0 fully saturated rings. The molecule has 1 atom stereocenters. The molecule has 0 aliphatic rings. The molecule has 19 heavy (non-hydrogen) atoms. The van der Waals surface area contributed by atoms with Crippen LogP contribution in [-0.2, 0) is 6.54 Å². The minimum absolute atomic E-state index is 0.0714. The first kappa shape index (κ1) is 14.1. The van der Waals surface area contributed by atoms with Crippen LogP contribution in [0.1, 0.15) is 23.1 Å². The smallest absolute Gasteiger partial charge is 0.142 e. The Morgan fingerprint density at radius 3 is 2.74 bits per heavy atom. The Labute approximate surface area is 116 Å². The average molecular weight is 284 g/mol. The summed E-state index contributed by atoms with van der Waals surface area (Å²) in [6, 6.07) is 7.85. The third-order valence-corrected chi connectivity index (χ3v) is 3.15. The van der Waals surface area contributed by atoms with E-state index in [1.165, 1.54) is 12.1 Å². The van der Waals surface area contributed by atoms with Gasteiger partial charge in [0.25, 0.3) is 0 Å². The van der Waals surface area contributed by atoms with Crippen molar-refractivity contribution >= 4 is 11.6 Å². The van der Waals surface area contributed by atoms with E-state index in [0.717, 1.165) is 11.5 Å². The lowest BCUT2D eigenvalue weighted by Crippen LogP contribution is -2.23. The fraction of sp³-hybridized carbons (Fsp3) is 0.286. The quantitative estimate of drug-likeness (QED) is 0.886. The number of rotatable bonds is 5. The summed E-state index contributed by atoms with van der Waals surface area (Å²) in [7, 11) is 0. The first-order chi connectivity index (χ1) is 9.10. The van der Waals surface area contributed by atoms with Crippen LogP contribution in [0, 0.1) is 12.7 Å². The molecule has 2 aromatic rings. The van der Waals surface area contributed by atoms with Crippen LogP contribution in [0.2, 0.25) is 5.02 Å². The monoisotopic (exact) mass is 283 g/mol. The van der Waals surface area contributed by atoms with Gasteiger partial charge in [-0.15, -0.1) is 0 Å². The normalized spacial score (nSPS) is 12.6. The highest BCUT2D eigenvalue weighted by Crippen LogP contribution is 2.20. The largest absolute Gasteiger partial charge is 0.465 e. The number of halogens is 2. The van der Waals surface area contributed by atoms with Crippen LogP contribution in [0.4, 0.5) is 4.39 Å². The van der Waals surface area contributed by atoms with Crippen LogP contribution < -0.4 is 5.32 Å². The highest BCUT2D eigenvalue weighted by atomic mass is 35.5. The van der Waals surface area contributed by atoms with E-state index in [1.54, 1.807) is 6.07 Å². The first-order valence-electron chi connectivity index (χ1n) is 5.94. The molecule has 0 saturated heterocycles. The van der Waals surface area contributed by atoms with Crippen LogP contribution in [0.25, 0.3) is 0 Å². The number of nitrogens with one attached hydrogen (secondary N) is 1. The molecule has 1 unspecified atom stereocenters. The summed E-state index contributed by atoms with van der Waals surface area (Å²) < 4.78 is 18.8. The molecular formula is C14H15ClFNO2. The molecule has 0 radical (unpaired) electrons. The summed E-state index contributed by atoms with van der Waals surface area (Å²) >= 11 is 5.63. The van der Waals surface area contributed by atoms with Gasteiger partial charge in [-0.1, -0.05) is 17.7 Å². The summed E-state index contributed by atoms with van der Waals surface area (Å²) in [5.41, 5.74) is 0.646. The summed E-state index contributed by atoms with van der Waals surface area (Å²) in [5, 5.41) is 12.6. The van der Waals surface area contributed by atoms with Gasteiger partial charge in [0, 0.05) is 0 Å². The van der Waals surface area contributed by atoms with Crippen LogP contribution in [0.5, 0.6) is 0 Å². The van der Waals surface area contributed by atoms with Crippen molar-refractivity contribution in [2.24, 2.45) is 0 Å². The molecule has 1 heterocycles. The van der Waals surface area contributed by atoms with Crippen LogP contribution in [0.15, 0.2) is 34.7 Å². The van der Waals surface area contributed by atoms with Gasteiger partial charge in [-0.3, -0.25) is 0 Å². The summed E-state index contributed by atoms with van der Waals surface area (Å²) in [6.07, 6.45) is 0. The second kappa shape index (κ2) is 6.19. The van der Waals surface area contributed by atoms with Crippen molar-refractivity contribution in [1.82, 2.24) is 5.32 Å². The van der Waals surface area contributed by atoms with Crippen molar-refractivity contribution in [2.75, 3.05) is 6.61 Å². The minimum Gasteiger partial charge on any atom is -0.465 e. The van der Waals surface area contributed by atoms with Gasteiger partial charge in [-0.2, -0.15) is 0 Å². The third kappa shape index (κ3) is 3.56. The maximum Gasteiger partial charge on any atom is 0.142 e. The second-order valence-electron chi connectivity index (χ2n) is 4.30. The van der Waals surface area contributed by atoms with Gasteiger partial charge >= 0.3 is 0 Å². The molecule has 0 spiro atoms. The number of furan rings is 1. The Bertz CT molecular complexity index is 556. The highest BCUT2D eigenvalue weighted by molar-refractivity contribution is 6.30. The van der Waals surface area contributed by atoms with E-state index >= 15 is 0 Å². The summed E-state index contributed by atoms with van der Waals surface area (Å²) in [5.74, 6) is 1.11. The van der Waals surface area contributed by atoms with Gasteiger partial charge < -0.3 is 14.8 Å². The van der Waals surface area contributed by atoms with Crippen molar-refractivity contribution in [3.05, 3.63) is 58.3 Å². The molecule has 1 aromatic heterocycles. The average Bonchev–Trinajstić information content (AvgIpc) is 2.80. The van der Waals surface area contributed by atoms with E-state index in [1.807, 2.05) is 19.1 Å². The summed E-state index contributed by atoms with van der Waals surface area (Å²) in [4.78, 5) is 0. The van der Waals surface area contributed by atoms with Crippen molar-refractivity contribution in [2.45, 2.75) is 19.5 Å². The molecule has 2 rings (SSSR count). The maximum atomic E-state index is 13.4. The van der Waals surface area contributed by atoms with Crippen LogP contribution in [-0.4, -0.2) is 11.7 Å². The van der Waals surface area contributed by atoms with Gasteiger partial charge in [-0.25, -0.2) is 4.39 Å². The Kier molecular flexibility index (Phi) is 4.58. The van der Waals surface area contributed by atoms with E-state index in [0.29, 0.717) is 12.1 Å². The number of hydrogen-bond acceptors (Lipinski definition) is 3. The molecule has 1 aromatic carbocycles. The zero-order chi connectivity index (χ0) is 13.8. The number of aryl methyl sites for hydroxylation is 1. The Balaban J connectivity index is 2.05. The molecule has 0 amide bonds. The molecule has 0 aliphatic heterocycles. The molecule has 0 saturated carbocycles. The zero-order valence-corrected chi connectivity index (χ0v) is 11.2. The predicted molar refractivity (Wildman–Crippen MR) is 71.5 cm³/mol. The Hall–Kier alpha value is -1.36. The molecular weight excluding hydrogens is 269 g/mol. The molecule has 2 N–H and O–H groups in total. The molecule has 102 valence electrons. The molecule has 3 nitrogen and oxygen atoms in total. The van der Waals surface area contributed by atoms with Gasteiger partial charge in [0.05, 0.1) is 24.2 Å². The van der Waals surface area contributed by atoms with Gasteiger partial charge in [0.15, 0.2) is 0 Å². The number of aliphatic hydroxyl groups excluding tert-OH is 1. The lowest BCUT2D eigenvalue weighted by Gasteiger charge is -2.16. The van der Waals surface area contributed by atoms with Gasteiger partial charge in [0.2, 0.25) is 0 Å². The summed E-state index contributed by atoms with van der Waals surface area (Å²) in [6.45, 7) is 2.19. The van der Waals surface area contributed by atoms with Gasteiger partial charge in [0.1, 0.15) is 17.3 Å². The molecule has 0 aliphatic carbocycles. The van der Waals surface area contributed by atoms with E-state index < -0.39 is 5.82 Å². The Morgan fingerprint density at radius 1 is 1.37 bits per heavy atom. The van der Waals surface area contributed by atoms with E-state index in [4.69, 9.17) is 16.0 Å². The highest BCUT2D eigenvalue weighted by Gasteiger charge is 2.12. The lowest BCUT2D eigenvalue weighted by molar-refractivity contribution is 0.240. The number of hydrogen-bond donors (Lipinski definition) is 2. The SMILES string of the molecule is Cc1ccc(CNC(CO)c2ccc(Cl)c(F)c2)o1. The van der Waals surface area contributed by atoms with Crippen LogP contribution >= 0.6 is 11.6 Å². The number of benzene rings is 1. The maximum absolute atomic E-state index is 13.4. The fourth-order valence-electron chi connectivity index (χ4n) is 1.82. The van der Waals surface area contributed by atoms with Crippen molar-refractivity contribution in [3.63, 3.8) is 0 Å². The molecule has 0 bridgehead atoms. The van der Waals surface area contributed by atoms with Crippen molar-refractivity contribution in [3.8, 4) is 0 Å². The first-order valence-corrected chi connectivity index (χ1v) is 6.32. The van der Waals surface area contributed by atoms with Crippen molar-refractivity contribution < 1.29 is 13.9 Å². The topological polar surface area (TPSA) is 45.4 Å². The van der Waals surface area contributed by atoms with E-state index in [2.05, 4.69) is 5.32 Å². The standard InChI is InChI=1S/C14H15ClFNO2/c1-9-2-4-11(19-9)7-17-14(8-18)10-3-5-12(15)13(16)6-10/h2-6,14,17-18H,7-8H2,1H3. The lowest BCUT2D eigenvalue weighted by atomic mass is 10.1. The Morgan fingerprint density at radius 2 is 2.16 bits per heavy atom. The van der Waals surface area contributed by atoms with E-state index in [-0.39, 0.29) is 17.7 Å².